The van der Waals surface area contributed by atoms with E-state index in [1.165, 1.54) is 0 Å². The summed E-state index contributed by atoms with van der Waals surface area (Å²) < 4.78 is 11.3. The Morgan fingerprint density at radius 3 is 2.37 bits per heavy atom. The molecule has 1 rings (SSSR count). The van der Waals surface area contributed by atoms with Gasteiger partial charge in [-0.2, -0.15) is 0 Å². The SMILES string of the molecule is CCOc1ccccc1OCCNC(C)CC(C)Br. The molecule has 0 aliphatic heterocycles. The summed E-state index contributed by atoms with van der Waals surface area (Å²) >= 11 is 3.56. The van der Waals surface area contributed by atoms with E-state index in [1.54, 1.807) is 0 Å². The molecular formula is C15H24BrNO2. The molecule has 19 heavy (non-hydrogen) atoms. The van der Waals surface area contributed by atoms with Crippen molar-refractivity contribution >= 4 is 15.9 Å². The van der Waals surface area contributed by atoms with Crippen LogP contribution in [-0.2, 0) is 0 Å². The molecule has 2 unspecified atom stereocenters. The molecule has 0 radical (unpaired) electrons. The highest BCUT2D eigenvalue weighted by Crippen LogP contribution is 2.26. The van der Waals surface area contributed by atoms with Crippen molar-refractivity contribution in [2.24, 2.45) is 0 Å². The van der Waals surface area contributed by atoms with E-state index in [0.717, 1.165) is 24.5 Å². The molecule has 2 atom stereocenters. The summed E-state index contributed by atoms with van der Waals surface area (Å²) in [6.07, 6.45) is 1.11. The molecule has 0 bridgehead atoms. The predicted octanol–water partition coefficient (Wildman–Crippen LogP) is 3.62. The summed E-state index contributed by atoms with van der Waals surface area (Å²) in [5.41, 5.74) is 0. The first-order valence-corrected chi connectivity index (χ1v) is 7.77. The Kier molecular flexibility index (Phi) is 7.91. The fourth-order valence-electron chi connectivity index (χ4n) is 1.88. The molecule has 0 fully saturated rings. The zero-order valence-electron chi connectivity index (χ0n) is 12.0. The molecule has 0 aliphatic carbocycles. The van der Waals surface area contributed by atoms with Gasteiger partial charge in [0, 0.05) is 17.4 Å². The van der Waals surface area contributed by atoms with Crippen LogP contribution in [0.15, 0.2) is 24.3 Å². The lowest BCUT2D eigenvalue weighted by molar-refractivity contribution is 0.272. The molecule has 108 valence electrons. The van der Waals surface area contributed by atoms with Crippen LogP contribution in [0.5, 0.6) is 11.5 Å². The minimum atomic E-state index is 0.486. The van der Waals surface area contributed by atoms with Gasteiger partial charge in [0.1, 0.15) is 6.61 Å². The summed E-state index contributed by atoms with van der Waals surface area (Å²) in [6, 6.07) is 8.27. The van der Waals surface area contributed by atoms with Crippen LogP contribution in [0.1, 0.15) is 27.2 Å². The Balaban J connectivity index is 2.29. The highest BCUT2D eigenvalue weighted by molar-refractivity contribution is 9.09. The van der Waals surface area contributed by atoms with Crippen molar-refractivity contribution in [3.8, 4) is 11.5 Å². The van der Waals surface area contributed by atoms with Crippen LogP contribution in [0.4, 0.5) is 0 Å². The predicted molar refractivity (Wildman–Crippen MR) is 83.6 cm³/mol. The molecule has 3 nitrogen and oxygen atoms in total. The van der Waals surface area contributed by atoms with E-state index in [1.807, 2.05) is 31.2 Å². The second-order valence-corrected chi connectivity index (χ2v) is 6.16. The van der Waals surface area contributed by atoms with Crippen molar-refractivity contribution in [1.29, 1.82) is 0 Å². The van der Waals surface area contributed by atoms with Crippen LogP contribution in [0.3, 0.4) is 0 Å². The number of halogens is 1. The number of ether oxygens (including phenoxy) is 2. The van der Waals surface area contributed by atoms with Crippen molar-refractivity contribution in [3.05, 3.63) is 24.3 Å². The van der Waals surface area contributed by atoms with Crippen molar-refractivity contribution in [2.75, 3.05) is 19.8 Å². The van der Waals surface area contributed by atoms with Gasteiger partial charge in [-0.05, 0) is 32.4 Å². The molecular weight excluding hydrogens is 306 g/mol. The Morgan fingerprint density at radius 2 is 1.79 bits per heavy atom. The normalized spacial score (nSPS) is 13.9. The Morgan fingerprint density at radius 1 is 1.16 bits per heavy atom. The lowest BCUT2D eigenvalue weighted by atomic mass is 10.2. The van der Waals surface area contributed by atoms with Crippen LogP contribution in [-0.4, -0.2) is 30.6 Å². The molecule has 1 aromatic carbocycles. The Bertz CT molecular complexity index is 358. The number of hydrogen-bond donors (Lipinski definition) is 1. The second kappa shape index (κ2) is 9.21. The van der Waals surface area contributed by atoms with Crippen LogP contribution in [0, 0.1) is 0 Å². The van der Waals surface area contributed by atoms with E-state index < -0.39 is 0 Å². The third-order valence-corrected chi connectivity index (χ3v) is 3.05. The molecule has 0 saturated heterocycles. The standard InChI is InChI=1S/C15H24BrNO2/c1-4-18-14-7-5-6-8-15(14)19-10-9-17-13(3)11-12(2)16/h5-8,12-13,17H,4,9-11H2,1-3H3. The van der Waals surface area contributed by atoms with E-state index in [0.29, 0.717) is 24.1 Å². The highest BCUT2D eigenvalue weighted by Gasteiger charge is 2.06. The van der Waals surface area contributed by atoms with Gasteiger partial charge in [0.15, 0.2) is 11.5 Å². The molecule has 1 aromatic rings. The molecule has 0 heterocycles. The maximum absolute atomic E-state index is 5.75. The largest absolute Gasteiger partial charge is 0.490 e. The van der Waals surface area contributed by atoms with Gasteiger partial charge in [-0.1, -0.05) is 35.0 Å². The summed E-state index contributed by atoms with van der Waals surface area (Å²) in [6.45, 7) is 8.45. The number of benzene rings is 1. The fraction of sp³-hybridized carbons (Fsp3) is 0.600. The maximum Gasteiger partial charge on any atom is 0.161 e. The van der Waals surface area contributed by atoms with Gasteiger partial charge in [-0.15, -0.1) is 0 Å². The van der Waals surface area contributed by atoms with Crippen molar-refractivity contribution in [2.45, 2.75) is 38.1 Å². The third kappa shape index (κ3) is 6.83. The van der Waals surface area contributed by atoms with E-state index in [2.05, 4.69) is 35.1 Å². The first kappa shape index (κ1) is 16.3. The molecule has 0 aromatic heterocycles. The van der Waals surface area contributed by atoms with E-state index in [4.69, 9.17) is 9.47 Å². The van der Waals surface area contributed by atoms with Crippen molar-refractivity contribution in [3.63, 3.8) is 0 Å². The van der Waals surface area contributed by atoms with Crippen LogP contribution in [0.2, 0.25) is 0 Å². The molecule has 0 aliphatic rings. The Labute approximate surface area is 124 Å². The summed E-state index contributed by atoms with van der Waals surface area (Å²) in [5, 5.41) is 3.44. The van der Waals surface area contributed by atoms with Crippen LogP contribution in [0.25, 0.3) is 0 Å². The summed E-state index contributed by atoms with van der Waals surface area (Å²) in [4.78, 5) is 0.537. The zero-order chi connectivity index (χ0) is 14.1. The molecule has 0 spiro atoms. The van der Waals surface area contributed by atoms with Gasteiger partial charge in [-0.25, -0.2) is 0 Å². The maximum atomic E-state index is 5.75. The van der Waals surface area contributed by atoms with Gasteiger partial charge in [0.05, 0.1) is 6.61 Å². The average Bonchev–Trinajstić information content (AvgIpc) is 2.36. The smallest absolute Gasteiger partial charge is 0.161 e. The Hall–Kier alpha value is -0.740. The quantitative estimate of drug-likeness (QED) is 0.554. The second-order valence-electron chi connectivity index (χ2n) is 4.60. The number of nitrogens with one attached hydrogen (secondary N) is 1. The van der Waals surface area contributed by atoms with E-state index >= 15 is 0 Å². The number of rotatable bonds is 9. The average molecular weight is 330 g/mol. The number of alkyl halides is 1. The fourth-order valence-corrected chi connectivity index (χ4v) is 2.44. The van der Waals surface area contributed by atoms with E-state index in [9.17, 15) is 0 Å². The van der Waals surface area contributed by atoms with Gasteiger partial charge < -0.3 is 14.8 Å². The topological polar surface area (TPSA) is 30.5 Å². The minimum absolute atomic E-state index is 0.486. The lowest BCUT2D eigenvalue weighted by Crippen LogP contribution is -2.31. The number of hydrogen-bond acceptors (Lipinski definition) is 3. The lowest BCUT2D eigenvalue weighted by Gasteiger charge is -2.16. The van der Waals surface area contributed by atoms with Gasteiger partial charge >= 0.3 is 0 Å². The van der Waals surface area contributed by atoms with E-state index in [-0.39, 0.29) is 0 Å². The molecule has 0 saturated carbocycles. The van der Waals surface area contributed by atoms with Crippen molar-refractivity contribution < 1.29 is 9.47 Å². The summed E-state index contributed by atoms with van der Waals surface area (Å²) in [7, 11) is 0. The zero-order valence-corrected chi connectivity index (χ0v) is 13.6. The molecule has 4 heteroatoms. The number of para-hydroxylation sites is 2. The summed E-state index contributed by atoms with van der Waals surface area (Å²) in [5.74, 6) is 1.62. The third-order valence-electron chi connectivity index (χ3n) is 2.68. The molecule has 0 amide bonds. The van der Waals surface area contributed by atoms with Gasteiger partial charge in [-0.3, -0.25) is 0 Å². The monoisotopic (exact) mass is 329 g/mol. The first-order valence-electron chi connectivity index (χ1n) is 6.85. The van der Waals surface area contributed by atoms with Gasteiger partial charge in [0.2, 0.25) is 0 Å². The van der Waals surface area contributed by atoms with Crippen LogP contribution >= 0.6 is 15.9 Å². The van der Waals surface area contributed by atoms with Gasteiger partial charge in [0.25, 0.3) is 0 Å². The first-order chi connectivity index (χ1) is 9.13. The minimum Gasteiger partial charge on any atom is -0.490 e. The highest BCUT2D eigenvalue weighted by atomic mass is 79.9. The van der Waals surface area contributed by atoms with Crippen LogP contribution < -0.4 is 14.8 Å². The molecule has 1 N–H and O–H groups in total. The van der Waals surface area contributed by atoms with Crippen molar-refractivity contribution in [1.82, 2.24) is 5.32 Å².